The van der Waals surface area contributed by atoms with Crippen LogP contribution in [-0.2, 0) is 4.74 Å². The number of fused-ring (bicyclic) bond motifs is 1. The molecule has 2 aromatic heterocycles. The molecule has 1 amide bonds. The number of ether oxygens (including phenoxy) is 1. The van der Waals surface area contributed by atoms with Crippen molar-refractivity contribution in [2.24, 2.45) is 0 Å². The number of carbonyl (C=O) groups excluding carboxylic acids is 2. The first-order valence-corrected chi connectivity index (χ1v) is 11.1. The fourth-order valence-corrected chi connectivity index (χ4v) is 4.32. The van der Waals surface area contributed by atoms with E-state index in [1.807, 2.05) is 0 Å². The number of benzene rings is 2. The lowest BCUT2D eigenvalue weighted by molar-refractivity contribution is 0.0380. The van der Waals surface area contributed by atoms with Crippen molar-refractivity contribution in [2.45, 2.75) is 20.0 Å². The number of nitrogens with one attached hydrogen (secondary N) is 1. The molecule has 33 heavy (non-hydrogen) atoms. The van der Waals surface area contributed by atoms with E-state index in [4.69, 9.17) is 20.8 Å². The summed E-state index contributed by atoms with van der Waals surface area (Å²) in [5.41, 5.74) is 0.370. The molecule has 0 aliphatic rings. The third kappa shape index (κ3) is 4.81. The average Bonchev–Trinajstić information content (AvgIpc) is 3.17. The maximum absolute atomic E-state index is 13.4. The zero-order valence-electron chi connectivity index (χ0n) is 17.5. The van der Waals surface area contributed by atoms with Crippen molar-refractivity contribution in [3.05, 3.63) is 86.3 Å². The summed E-state index contributed by atoms with van der Waals surface area (Å²) in [5, 5.41) is 5.36. The van der Waals surface area contributed by atoms with Crippen LogP contribution in [-0.4, -0.2) is 18.0 Å². The Balaban J connectivity index is 1.74. The summed E-state index contributed by atoms with van der Waals surface area (Å²) in [5.74, 6) is -1.83. The van der Waals surface area contributed by atoms with Gasteiger partial charge in [0.15, 0.2) is 0 Å². The lowest BCUT2D eigenvalue weighted by Gasteiger charge is -2.12. The molecule has 0 spiro atoms. The van der Waals surface area contributed by atoms with Gasteiger partial charge in [-0.1, -0.05) is 23.7 Å². The van der Waals surface area contributed by atoms with E-state index in [9.17, 15) is 18.8 Å². The predicted molar refractivity (Wildman–Crippen MR) is 126 cm³/mol. The minimum Gasteiger partial charge on any atom is -0.459 e. The van der Waals surface area contributed by atoms with Crippen LogP contribution < -0.4 is 10.9 Å². The molecular weight excluding hydrogens is 469 g/mol. The number of amides is 1. The minimum atomic E-state index is -0.830. The summed E-state index contributed by atoms with van der Waals surface area (Å²) in [6, 6.07) is 11.6. The number of carbonyl (C=O) groups is 2. The molecule has 9 heteroatoms. The summed E-state index contributed by atoms with van der Waals surface area (Å²) in [6.45, 7) is 3.40. The van der Waals surface area contributed by atoms with E-state index >= 15 is 0 Å². The Morgan fingerprint density at radius 1 is 1.12 bits per heavy atom. The first kappa shape index (κ1) is 22.7. The third-order valence-electron chi connectivity index (χ3n) is 4.66. The van der Waals surface area contributed by atoms with Gasteiger partial charge in [0.2, 0.25) is 0 Å². The van der Waals surface area contributed by atoms with E-state index in [0.29, 0.717) is 21.5 Å². The highest BCUT2D eigenvalue weighted by atomic mass is 35.5. The molecule has 4 aromatic rings. The Morgan fingerprint density at radius 3 is 2.55 bits per heavy atom. The number of thiophene rings is 1. The molecule has 0 saturated heterocycles. The molecule has 0 saturated carbocycles. The predicted octanol–water partition coefficient (Wildman–Crippen LogP) is 6.13. The highest BCUT2D eigenvalue weighted by molar-refractivity contribution is 7.15. The fourth-order valence-electron chi connectivity index (χ4n) is 3.19. The van der Waals surface area contributed by atoms with Gasteiger partial charge >= 0.3 is 11.6 Å². The van der Waals surface area contributed by atoms with Crippen LogP contribution in [0.1, 0.15) is 34.6 Å². The number of esters is 1. The summed E-state index contributed by atoms with van der Waals surface area (Å²) in [6.07, 6.45) is -0.403. The summed E-state index contributed by atoms with van der Waals surface area (Å²) in [4.78, 5) is 38.2. The first-order chi connectivity index (χ1) is 15.7. The smallest absolute Gasteiger partial charge is 0.349 e. The highest BCUT2D eigenvalue weighted by Crippen LogP contribution is 2.37. The van der Waals surface area contributed by atoms with Crippen molar-refractivity contribution < 1.29 is 23.1 Å². The molecule has 0 aliphatic carbocycles. The Morgan fingerprint density at radius 2 is 1.85 bits per heavy atom. The van der Waals surface area contributed by atoms with Gasteiger partial charge in [0.25, 0.3) is 5.91 Å². The SMILES string of the molecule is CC(C)OC(=O)c1c(-c2ccc(F)cc2)csc1NC(=O)c1cc2cc(Cl)ccc2oc1=O. The van der Waals surface area contributed by atoms with E-state index < -0.39 is 29.4 Å². The Hall–Kier alpha value is -3.49. The molecule has 4 rings (SSSR count). The molecule has 1 N–H and O–H groups in total. The Labute approximate surface area is 196 Å². The number of anilines is 1. The third-order valence-corrected chi connectivity index (χ3v) is 5.79. The zero-order chi connectivity index (χ0) is 23.7. The molecule has 2 aromatic carbocycles. The summed E-state index contributed by atoms with van der Waals surface area (Å²) >= 11 is 7.08. The molecule has 0 atom stereocenters. The van der Waals surface area contributed by atoms with Crippen LogP contribution in [0.2, 0.25) is 5.02 Å². The van der Waals surface area contributed by atoms with Crippen LogP contribution in [0.4, 0.5) is 9.39 Å². The molecule has 2 heterocycles. The fraction of sp³-hybridized carbons (Fsp3) is 0.125. The molecule has 0 fully saturated rings. The van der Waals surface area contributed by atoms with E-state index in [-0.39, 0.29) is 21.7 Å². The lowest BCUT2D eigenvalue weighted by atomic mass is 10.0. The molecule has 0 unspecified atom stereocenters. The highest BCUT2D eigenvalue weighted by Gasteiger charge is 2.25. The maximum Gasteiger partial charge on any atom is 0.349 e. The van der Waals surface area contributed by atoms with Crippen molar-refractivity contribution in [2.75, 3.05) is 5.32 Å². The van der Waals surface area contributed by atoms with Gasteiger partial charge in [-0.25, -0.2) is 14.0 Å². The van der Waals surface area contributed by atoms with Gasteiger partial charge < -0.3 is 14.5 Å². The number of rotatable bonds is 5. The Kier molecular flexibility index (Phi) is 6.31. The standard InChI is InChI=1S/C24H17ClFNO5S/c1-12(2)31-24(30)20-18(13-3-6-16(26)7-4-13)11-33-22(20)27-21(28)17-10-14-9-15(25)5-8-19(14)32-23(17)29/h3-12H,1-2H3,(H,27,28). The van der Waals surface area contributed by atoms with Crippen LogP contribution in [0.5, 0.6) is 0 Å². The molecule has 0 radical (unpaired) electrons. The van der Waals surface area contributed by atoms with Gasteiger partial charge in [-0.3, -0.25) is 4.79 Å². The van der Waals surface area contributed by atoms with Crippen LogP contribution in [0.3, 0.4) is 0 Å². The number of hydrogen-bond donors (Lipinski definition) is 1. The number of hydrogen-bond acceptors (Lipinski definition) is 6. The monoisotopic (exact) mass is 485 g/mol. The lowest BCUT2D eigenvalue weighted by Crippen LogP contribution is -2.22. The topological polar surface area (TPSA) is 85.6 Å². The molecule has 0 aliphatic heterocycles. The second-order valence-electron chi connectivity index (χ2n) is 7.40. The minimum absolute atomic E-state index is 0.113. The van der Waals surface area contributed by atoms with Gasteiger partial charge in [0.1, 0.15) is 27.5 Å². The molecule has 168 valence electrons. The van der Waals surface area contributed by atoms with Gasteiger partial charge in [-0.05, 0) is 55.8 Å². The van der Waals surface area contributed by atoms with Crippen LogP contribution >= 0.6 is 22.9 Å². The molecular formula is C24H17ClFNO5S. The second kappa shape index (κ2) is 9.17. The molecule has 6 nitrogen and oxygen atoms in total. The van der Waals surface area contributed by atoms with E-state index in [1.54, 1.807) is 31.4 Å². The van der Waals surface area contributed by atoms with Crippen molar-refractivity contribution in [1.82, 2.24) is 0 Å². The van der Waals surface area contributed by atoms with Gasteiger partial charge in [0.05, 0.1) is 6.10 Å². The summed E-state index contributed by atoms with van der Waals surface area (Å²) < 4.78 is 24.0. The maximum atomic E-state index is 13.4. The van der Waals surface area contributed by atoms with Crippen LogP contribution in [0, 0.1) is 5.82 Å². The van der Waals surface area contributed by atoms with Crippen molar-refractivity contribution in [3.63, 3.8) is 0 Å². The number of halogens is 2. The zero-order valence-corrected chi connectivity index (χ0v) is 19.1. The van der Waals surface area contributed by atoms with Gasteiger partial charge in [0, 0.05) is 21.4 Å². The Bertz CT molecular complexity index is 1430. The van der Waals surface area contributed by atoms with Crippen LogP contribution in [0.25, 0.3) is 22.1 Å². The molecule has 0 bridgehead atoms. The van der Waals surface area contributed by atoms with Gasteiger partial charge in [-0.2, -0.15) is 0 Å². The first-order valence-electron chi connectivity index (χ1n) is 9.86. The van der Waals surface area contributed by atoms with E-state index in [0.717, 1.165) is 11.3 Å². The van der Waals surface area contributed by atoms with E-state index in [2.05, 4.69) is 5.32 Å². The average molecular weight is 486 g/mol. The van der Waals surface area contributed by atoms with Crippen molar-refractivity contribution in [1.29, 1.82) is 0 Å². The van der Waals surface area contributed by atoms with Crippen LogP contribution in [0.15, 0.2) is 63.1 Å². The van der Waals surface area contributed by atoms with Crippen molar-refractivity contribution >= 4 is 50.8 Å². The van der Waals surface area contributed by atoms with Crippen molar-refractivity contribution in [3.8, 4) is 11.1 Å². The quantitative estimate of drug-likeness (QED) is 0.271. The van der Waals surface area contributed by atoms with E-state index in [1.165, 1.54) is 36.4 Å². The van der Waals surface area contributed by atoms with Gasteiger partial charge in [-0.15, -0.1) is 11.3 Å². The summed E-state index contributed by atoms with van der Waals surface area (Å²) in [7, 11) is 0. The largest absolute Gasteiger partial charge is 0.459 e. The second-order valence-corrected chi connectivity index (χ2v) is 8.71. The normalized spacial score (nSPS) is 11.1.